The molecular weight excluding hydrogens is 328 g/mol. The van der Waals surface area contributed by atoms with Crippen molar-refractivity contribution in [1.82, 2.24) is 0 Å². The first-order chi connectivity index (χ1) is 11.4. The number of carbonyl (C=O) groups is 1. The van der Waals surface area contributed by atoms with Crippen molar-refractivity contribution in [2.45, 2.75) is 23.0 Å². The molecule has 3 atom stereocenters. The van der Waals surface area contributed by atoms with Crippen molar-refractivity contribution >= 4 is 15.8 Å². The molecule has 1 N–H and O–H groups in total. The number of rotatable bonds is 5. The van der Waals surface area contributed by atoms with Crippen molar-refractivity contribution in [2.75, 3.05) is 7.11 Å². The summed E-state index contributed by atoms with van der Waals surface area (Å²) in [6.07, 6.45) is 0. The summed E-state index contributed by atoms with van der Waals surface area (Å²) in [5.41, 5.74) is 1.65. The molecule has 2 aromatic carbocycles. The number of hydrogen-bond acceptors (Lipinski definition) is 4. The van der Waals surface area contributed by atoms with Crippen LogP contribution in [0.5, 0.6) is 5.75 Å². The van der Waals surface area contributed by atoms with Gasteiger partial charge in [-0.05, 0) is 36.8 Å². The Hall–Kier alpha value is -2.34. The second-order valence-electron chi connectivity index (χ2n) is 5.99. The molecule has 0 heterocycles. The standard InChI is InChI=1S/C18H18O5S/c1-11-3-9-14(10-4-11)24(21,22)17-15(16(17)18(19)20)12-5-7-13(23-2)8-6-12/h3-10,15-17H,1-2H3,(H,19,20). The number of aliphatic carboxylic acids is 1. The van der Waals surface area contributed by atoms with Crippen LogP contribution in [0.1, 0.15) is 17.0 Å². The van der Waals surface area contributed by atoms with Gasteiger partial charge in [0.2, 0.25) is 0 Å². The number of aryl methyl sites for hydroxylation is 1. The second kappa shape index (κ2) is 5.94. The minimum Gasteiger partial charge on any atom is -0.497 e. The summed E-state index contributed by atoms with van der Waals surface area (Å²) < 4.78 is 30.8. The van der Waals surface area contributed by atoms with E-state index in [1.54, 1.807) is 36.4 Å². The summed E-state index contributed by atoms with van der Waals surface area (Å²) in [5, 5.41) is 8.48. The number of sulfone groups is 1. The fourth-order valence-corrected chi connectivity index (χ4v) is 5.19. The molecule has 3 rings (SSSR count). The maximum absolute atomic E-state index is 12.8. The van der Waals surface area contributed by atoms with Crippen molar-refractivity contribution in [3.05, 3.63) is 59.7 Å². The largest absolute Gasteiger partial charge is 0.497 e. The quantitative estimate of drug-likeness (QED) is 0.900. The van der Waals surface area contributed by atoms with E-state index in [1.165, 1.54) is 19.2 Å². The second-order valence-corrected chi connectivity index (χ2v) is 8.09. The Morgan fingerprint density at radius 2 is 1.62 bits per heavy atom. The predicted molar refractivity (Wildman–Crippen MR) is 89.0 cm³/mol. The molecule has 0 bridgehead atoms. The minimum absolute atomic E-state index is 0.167. The summed E-state index contributed by atoms with van der Waals surface area (Å²) in [4.78, 5) is 11.7. The zero-order chi connectivity index (χ0) is 17.5. The third-order valence-electron chi connectivity index (χ3n) is 4.45. The highest BCUT2D eigenvalue weighted by atomic mass is 32.2. The lowest BCUT2D eigenvalue weighted by atomic mass is 10.1. The first kappa shape index (κ1) is 16.5. The highest BCUT2D eigenvalue weighted by molar-refractivity contribution is 7.92. The van der Waals surface area contributed by atoms with Crippen molar-refractivity contribution in [2.24, 2.45) is 5.92 Å². The molecule has 1 saturated carbocycles. The number of methoxy groups -OCH3 is 1. The van der Waals surface area contributed by atoms with Crippen LogP contribution in [0.2, 0.25) is 0 Å². The normalized spacial score (nSPS) is 22.8. The average molecular weight is 346 g/mol. The molecule has 0 saturated heterocycles. The number of benzene rings is 2. The first-order valence-electron chi connectivity index (χ1n) is 7.53. The molecule has 6 heteroatoms. The van der Waals surface area contributed by atoms with E-state index < -0.39 is 32.9 Å². The number of hydrogen-bond donors (Lipinski definition) is 1. The van der Waals surface area contributed by atoms with E-state index in [2.05, 4.69) is 0 Å². The van der Waals surface area contributed by atoms with E-state index in [1.807, 2.05) is 6.92 Å². The summed E-state index contributed by atoms with van der Waals surface area (Å²) in [5.74, 6) is -1.91. The molecular formula is C18H18O5S. The molecule has 0 aliphatic heterocycles. The van der Waals surface area contributed by atoms with E-state index in [0.717, 1.165) is 5.56 Å². The Morgan fingerprint density at radius 3 is 2.12 bits per heavy atom. The van der Waals surface area contributed by atoms with Gasteiger partial charge in [0.25, 0.3) is 0 Å². The number of ether oxygens (including phenoxy) is 1. The maximum Gasteiger partial charge on any atom is 0.308 e. The van der Waals surface area contributed by atoms with Gasteiger partial charge in [0, 0.05) is 5.92 Å². The fraction of sp³-hybridized carbons (Fsp3) is 0.278. The predicted octanol–water partition coefficient (Wildman–Crippen LogP) is 2.64. The Labute approximate surface area is 140 Å². The molecule has 1 aliphatic carbocycles. The van der Waals surface area contributed by atoms with Gasteiger partial charge < -0.3 is 9.84 Å². The molecule has 24 heavy (non-hydrogen) atoms. The monoisotopic (exact) mass is 346 g/mol. The lowest BCUT2D eigenvalue weighted by Crippen LogP contribution is -2.13. The molecule has 126 valence electrons. The summed E-state index contributed by atoms with van der Waals surface area (Å²) in [7, 11) is -2.16. The van der Waals surface area contributed by atoms with Crippen LogP contribution >= 0.6 is 0 Å². The third-order valence-corrected chi connectivity index (χ3v) is 6.68. The van der Waals surface area contributed by atoms with Gasteiger partial charge in [-0.2, -0.15) is 0 Å². The fourth-order valence-electron chi connectivity index (χ4n) is 3.07. The molecule has 0 aromatic heterocycles. The van der Waals surface area contributed by atoms with Gasteiger partial charge in [0.15, 0.2) is 9.84 Å². The van der Waals surface area contributed by atoms with E-state index in [-0.39, 0.29) is 4.90 Å². The van der Waals surface area contributed by atoms with Crippen LogP contribution in [0.4, 0.5) is 0 Å². The van der Waals surface area contributed by atoms with Crippen LogP contribution in [0.25, 0.3) is 0 Å². The number of carboxylic acid groups (broad SMARTS) is 1. The minimum atomic E-state index is -3.70. The Kier molecular flexibility index (Phi) is 4.09. The Morgan fingerprint density at radius 1 is 1.04 bits per heavy atom. The molecule has 0 spiro atoms. The van der Waals surface area contributed by atoms with Crippen molar-refractivity contribution in [3.63, 3.8) is 0 Å². The molecule has 0 radical (unpaired) electrons. The van der Waals surface area contributed by atoms with Crippen LogP contribution in [0.3, 0.4) is 0 Å². The zero-order valence-corrected chi connectivity index (χ0v) is 14.2. The van der Waals surface area contributed by atoms with Crippen LogP contribution in [0.15, 0.2) is 53.4 Å². The Bertz CT molecular complexity index is 853. The summed E-state index contributed by atoms with van der Waals surface area (Å²) >= 11 is 0. The molecule has 2 aromatic rings. The van der Waals surface area contributed by atoms with Gasteiger partial charge in [-0.25, -0.2) is 8.42 Å². The van der Waals surface area contributed by atoms with Crippen LogP contribution in [-0.2, 0) is 14.6 Å². The van der Waals surface area contributed by atoms with E-state index in [9.17, 15) is 18.3 Å². The summed E-state index contributed by atoms with van der Waals surface area (Å²) in [6, 6.07) is 13.4. The number of carboxylic acids is 1. The lowest BCUT2D eigenvalue weighted by Gasteiger charge is -2.05. The van der Waals surface area contributed by atoms with E-state index in [4.69, 9.17) is 4.74 Å². The van der Waals surface area contributed by atoms with Gasteiger partial charge in [-0.15, -0.1) is 0 Å². The molecule has 1 fully saturated rings. The van der Waals surface area contributed by atoms with Crippen molar-refractivity contribution in [1.29, 1.82) is 0 Å². The highest BCUT2D eigenvalue weighted by Gasteiger charge is 2.63. The molecule has 0 amide bonds. The lowest BCUT2D eigenvalue weighted by molar-refractivity contribution is -0.138. The molecule has 5 nitrogen and oxygen atoms in total. The van der Waals surface area contributed by atoms with Gasteiger partial charge in [0.1, 0.15) is 5.75 Å². The van der Waals surface area contributed by atoms with Crippen LogP contribution < -0.4 is 4.74 Å². The third kappa shape index (κ3) is 2.78. The smallest absolute Gasteiger partial charge is 0.308 e. The van der Waals surface area contributed by atoms with Crippen LogP contribution in [0, 0.1) is 12.8 Å². The van der Waals surface area contributed by atoms with E-state index >= 15 is 0 Å². The van der Waals surface area contributed by atoms with Gasteiger partial charge >= 0.3 is 5.97 Å². The van der Waals surface area contributed by atoms with Gasteiger partial charge in [-0.3, -0.25) is 4.79 Å². The average Bonchev–Trinajstić information content (AvgIpc) is 3.32. The zero-order valence-electron chi connectivity index (χ0n) is 13.3. The highest BCUT2D eigenvalue weighted by Crippen LogP contribution is 2.54. The summed E-state index contributed by atoms with van der Waals surface area (Å²) in [6.45, 7) is 1.87. The topological polar surface area (TPSA) is 80.7 Å². The Balaban J connectivity index is 1.96. The van der Waals surface area contributed by atoms with Crippen LogP contribution in [-0.4, -0.2) is 31.9 Å². The SMILES string of the molecule is COc1ccc(C2C(C(=O)O)C2S(=O)(=O)c2ccc(C)cc2)cc1. The van der Waals surface area contributed by atoms with Crippen molar-refractivity contribution in [3.8, 4) is 5.75 Å². The van der Waals surface area contributed by atoms with Gasteiger partial charge in [-0.1, -0.05) is 29.8 Å². The maximum atomic E-state index is 12.8. The first-order valence-corrected chi connectivity index (χ1v) is 9.08. The molecule has 3 unspecified atom stereocenters. The van der Waals surface area contributed by atoms with Gasteiger partial charge in [0.05, 0.1) is 23.2 Å². The van der Waals surface area contributed by atoms with Crippen molar-refractivity contribution < 1.29 is 23.1 Å². The molecule has 1 aliphatic rings. The van der Waals surface area contributed by atoms with E-state index in [0.29, 0.717) is 11.3 Å².